The minimum Gasteiger partial charge on any atom is -0.310 e. The summed E-state index contributed by atoms with van der Waals surface area (Å²) in [5, 5.41) is 3.56. The van der Waals surface area contributed by atoms with Gasteiger partial charge in [0.15, 0.2) is 5.65 Å². The van der Waals surface area contributed by atoms with Gasteiger partial charge in [0.2, 0.25) is 0 Å². The van der Waals surface area contributed by atoms with Crippen LogP contribution < -0.4 is 5.32 Å². The molecule has 20 heavy (non-hydrogen) atoms. The quantitative estimate of drug-likeness (QED) is 0.927. The average molecular weight is 338 g/mol. The van der Waals surface area contributed by atoms with E-state index < -0.39 is 0 Å². The largest absolute Gasteiger partial charge is 0.310 e. The van der Waals surface area contributed by atoms with Gasteiger partial charge in [-0.2, -0.15) is 0 Å². The van der Waals surface area contributed by atoms with E-state index in [-0.39, 0.29) is 0 Å². The van der Waals surface area contributed by atoms with Crippen molar-refractivity contribution in [1.29, 1.82) is 0 Å². The molecule has 3 rings (SSSR count). The number of nitrogens with zero attached hydrogens (tertiary/aromatic N) is 4. The van der Waals surface area contributed by atoms with Gasteiger partial charge in [0.1, 0.15) is 4.60 Å². The second-order valence-electron chi connectivity index (χ2n) is 5.45. The highest BCUT2D eigenvalue weighted by molar-refractivity contribution is 9.10. The van der Waals surface area contributed by atoms with Crippen molar-refractivity contribution in [2.24, 2.45) is 0 Å². The molecule has 2 aromatic heterocycles. The number of aromatic nitrogens is 3. The van der Waals surface area contributed by atoms with Crippen molar-refractivity contribution in [2.75, 3.05) is 20.1 Å². The number of imidazole rings is 1. The van der Waals surface area contributed by atoms with Crippen LogP contribution in [0, 0.1) is 0 Å². The third kappa shape index (κ3) is 3.02. The standard InChI is InChI=1S/C14H20BrN5/c1-19-5-3-2-4-11(19)6-16-7-12-8-18-14-9-17-13(15)10-20(12)14/h8-11,16H,2-7H2,1H3. The Kier molecular flexibility index (Phi) is 4.33. The summed E-state index contributed by atoms with van der Waals surface area (Å²) < 4.78 is 2.91. The Balaban J connectivity index is 1.61. The summed E-state index contributed by atoms with van der Waals surface area (Å²) >= 11 is 3.40. The van der Waals surface area contributed by atoms with Crippen molar-refractivity contribution >= 4 is 21.6 Å². The number of likely N-dealkylation sites (N-methyl/N-ethyl adjacent to an activating group) is 1. The first kappa shape index (κ1) is 14.0. The molecular weight excluding hydrogens is 318 g/mol. The molecule has 0 bridgehead atoms. The molecule has 1 unspecified atom stereocenters. The highest BCUT2D eigenvalue weighted by Crippen LogP contribution is 2.14. The Morgan fingerprint density at radius 1 is 1.35 bits per heavy atom. The Bertz CT molecular complexity index is 582. The van der Waals surface area contributed by atoms with E-state index >= 15 is 0 Å². The van der Waals surface area contributed by atoms with E-state index in [0.717, 1.165) is 23.3 Å². The maximum absolute atomic E-state index is 4.37. The van der Waals surface area contributed by atoms with E-state index in [1.54, 1.807) is 6.20 Å². The summed E-state index contributed by atoms with van der Waals surface area (Å²) in [6.45, 7) is 3.10. The van der Waals surface area contributed by atoms with Crippen LogP contribution in [0.3, 0.4) is 0 Å². The van der Waals surface area contributed by atoms with Gasteiger partial charge in [0.25, 0.3) is 0 Å². The van der Waals surface area contributed by atoms with Gasteiger partial charge in [0, 0.05) is 25.3 Å². The van der Waals surface area contributed by atoms with Crippen LogP contribution in [0.25, 0.3) is 5.65 Å². The third-order valence-electron chi connectivity index (χ3n) is 4.05. The smallest absolute Gasteiger partial charge is 0.155 e. The van der Waals surface area contributed by atoms with Crippen LogP contribution in [-0.2, 0) is 6.54 Å². The molecule has 6 heteroatoms. The molecule has 1 aliphatic rings. The lowest BCUT2D eigenvalue weighted by molar-refractivity contribution is 0.181. The Hall–Kier alpha value is -0.980. The predicted molar refractivity (Wildman–Crippen MR) is 82.7 cm³/mol. The van der Waals surface area contributed by atoms with E-state index in [2.05, 4.69) is 47.6 Å². The normalized spacial score (nSPS) is 20.6. The maximum Gasteiger partial charge on any atom is 0.155 e. The first-order valence-electron chi connectivity index (χ1n) is 7.12. The minimum atomic E-state index is 0.663. The number of hydrogen-bond donors (Lipinski definition) is 1. The fraction of sp³-hybridized carbons (Fsp3) is 0.571. The fourth-order valence-electron chi connectivity index (χ4n) is 2.82. The maximum atomic E-state index is 4.37. The molecule has 0 amide bonds. The van der Waals surface area contributed by atoms with Crippen molar-refractivity contribution < 1.29 is 0 Å². The second kappa shape index (κ2) is 6.20. The lowest BCUT2D eigenvalue weighted by atomic mass is 10.0. The second-order valence-corrected chi connectivity index (χ2v) is 6.26. The van der Waals surface area contributed by atoms with E-state index in [0.29, 0.717) is 6.04 Å². The summed E-state index contributed by atoms with van der Waals surface area (Å²) in [5.74, 6) is 0. The van der Waals surface area contributed by atoms with Crippen LogP contribution in [0.2, 0.25) is 0 Å². The molecule has 5 nitrogen and oxygen atoms in total. The molecule has 1 aliphatic heterocycles. The molecule has 108 valence electrons. The Morgan fingerprint density at radius 2 is 2.25 bits per heavy atom. The van der Waals surface area contributed by atoms with Crippen LogP contribution >= 0.6 is 15.9 Å². The summed E-state index contributed by atoms with van der Waals surface area (Å²) in [6.07, 6.45) is 9.65. The lowest BCUT2D eigenvalue weighted by Crippen LogP contribution is -2.42. The molecule has 0 saturated carbocycles. The predicted octanol–water partition coefficient (Wildman–Crippen LogP) is 2.07. The van der Waals surface area contributed by atoms with Gasteiger partial charge in [-0.05, 0) is 42.4 Å². The van der Waals surface area contributed by atoms with Gasteiger partial charge in [-0.3, -0.25) is 4.40 Å². The van der Waals surface area contributed by atoms with Crippen molar-refractivity contribution in [3.05, 3.63) is 28.9 Å². The Morgan fingerprint density at radius 3 is 3.10 bits per heavy atom. The van der Waals surface area contributed by atoms with E-state index in [4.69, 9.17) is 0 Å². The number of nitrogens with one attached hydrogen (secondary N) is 1. The van der Waals surface area contributed by atoms with Gasteiger partial charge in [-0.15, -0.1) is 0 Å². The summed E-state index contributed by atoms with van der Waals surface area (Å²) in [4.78, 5) is 11.0. The fourth-order valence-corrected chi connectivity index (χ4v) is 3.12. The van der Waals surface area contributed by atoms with Crippen molar-refractivity contribution in [2.45, 2.75) is 31.8 Å². The monoisotopic (exact) mass is 337 g/mol. The summed E-state index contributed by atoms with van der Waals surface area (Å²) in [6, 6.07) is 0.663. The minimum absolute atomic E-state index is 0.663. The molecule has 1 saturated heterocycles. The molecule has 0 aliphatic carbocycles. The van der Waals surface area contributed by atoms with E-state index in [9.17, 15) is 0 Å². The molecule has 1 fully saturated rings. The van der Waals surface area contributed by atoms with Crippen molar-refractivity contribution in [3.8, 4) is 0 Å². The summed E-state index contributed by atoms with van der Waals surface area (Å²) in [5.41, 5.74) is 2.06. The highest BCUT2D eigenvalue weighted by Gasteiger charge is 2.18. The molecule has 3 heterocycles. The zero-order chi connectivity index (χ0) is 13.9. The van der Waals surface area contributed by atoms with Gasteiger partial charge < -0.3 is 10.2 Å². The van der Waals surface area contributed by atoms with E-state index in [1.807, 2.05) is 12.4 Å². The van der Waals surface area contributed by atoms with Gasteiger partial charge in [-0.1, -0.05) is 6.42 Å². The topological polar surface area (TPSA) is 45.5 Å². The summed E-state index contributed by atoms with van der Waals surface area (Å²) in [7, 11) is 2.22. The van der Waals surface area contributed by atoms with Gasteiger partial charge in [0.05, 0.1) is 18.1 Å². The molecular formula is C14H20BrN5. The van der Waals surface area contributed by atoms with Crippen molar-refractivity contribution in [1.82, 2.24) is 24.6 Å². The molecule has 1 atom stereocenters. The lowest BCUT2D eigenvalue weighted by Gasteiger charge is -2.32. The number of piperidine rings is 1. The molecule has 0 radical (unpaired) electrons. The van der Waals surface area contributed by atoms with Crippen LogP contribution in [0.15, 0.2) is 23.2 Å². The number of rotatable bonds is 4. The van der Waals surface area contributed by atoms with Gasteiger partial charge in [-0.25, -0.2) is 9.97 Å². The van der Waals surface area contributed by atoms with Crippen LogP contribution in [0.1, 0.15) is 25.0 Å². The first-order valence-corrected chi connectivity index (χ1v) is 7.92. The highest BCUT2D eigenvalue weighted by atomic mass is 79.9. The number of hydrogen-bond acceptors (Lipinski definition) is 4. The van der Waals surface area contributed by atoms with Crippen molar-refractivity contribution in [3.63, 3.8) is 0 Å². The first-order chi connectivity index (χ1) is 9.74. The number of likely N-dealkylation sites (tertiary alicyclic amines) is 1. The van der Waals surface area contributed by atoms with E-state index in [1.165, 1.54) is 31.5 Å². The molecule has 2 aromatic rings. The molecule has 0 aromatic carbocycles. The van der Waals surface area contributed by atoms with Gasteiger partial charge >= 0.3 is 0 Å². The molecule has 1 N–H and O–H groups in total. The third-order valence-corrected chi connectivity index (χ3v) is 4.46. The molecule has 0 spiro atoms. The van der Waals surface area contributed by atoms with Crippen LogP contribution in [0.4, 0.5) is 0 Å². The zero-order valence-corrected chi connectivity index (χ0v) is 13.3. The number of fused-ring (bicyclic) bond motifs is 1. The average Bonchev–Trinajstić information content (AvgIpc) is 2.83. The zero-order valence-electron chi connectivity index (χ0n) is 11.7. The van der Waals surface area contributed by atoms with Crippen LogP contribution in [-0.4, -0.2) is 45.4 Å². The van der Waals surface area contributed by atoms with Crippen LogP contribution in [0.5, 0.6) is 0 Å². The number of halogens is 1. The SMILES string of the molecule is CN1CCCCC1CNCc1cnc2cnc(Br)cn12. The Labute approximate surface area is 127 Å².